The van der Waals surface area contributed by atoms with E-state index in [0.717, 1.165) is 36.2 Å². The number of hydrazine groups is 1. The van der Waals surface area contributed by atoms with Gasteiger partial charge in [-0.1, -0.05) is 6.42 Å². The highest BCUT2D eigenvalue weighted by Gasteiger charge is 2.37. The van der Waals surface area contributed by atoms with Crippen molar-refractivity contribution in [3.05, 3.63) is 22.5 Å². The molecule has 6 heteroatoms. The smallest absolute Gasteiger partial charge is 0.283 e. The average Bonchev–Trinajstić information content (AvgIpc) is 3.10. The monoisotopic (exact) mass is 288 g/mol. The molecule has 0 spiro atoms. The van der Waals surface area contributed by atoms with Gasteiger partial charge in [0, 0.05) is 24.0 Å². The quantitative estimate of drug-likeness (QED) is 0.918. The van der Waals surface area contributed by atoms with Gasteiger partial charge in [0.05, 0.1) is 5.69 Å². The number of nitrogens with zero attached hydrogens (tertiary/aromatic N) is 3. The van der Waals surface area contributed by atoms with Crippen LogP contribution in [0.4, 0.5) is 0 Å². The predicted molar refractivity (Wildman–Crippen MR) is 76.4 cm³/mol. The van der Waals surface area contributed by atoms with Crippen molar-refractivity contribution in [2.75, 3.05) is 13.1 Å². The first-order valence-electron chi connectivity index (χ1n) is 7.06. The lowest BCUT2D eigenvalue weighted by atomic mass is 10.0. The first-order valence-corrected chi connectivity index (χ1v) is 8.00. The number of fused-ring (bicyclic) bond motifs is 2. The van der Waals surface area contributed by atoms with Crippen molar-refractivity contribution >= 4 is 17.2 Å². The van der Waals surface area contributed by atoms with Gasteiger partial charge in [-0.15, -0.1) is 10.2 Å². The van der Waals surface area contributed by atoms with Crippen LogP contribution in [0.2, 0.25) is 0 Å². The van der Waals surface area contributed by atoms with Gasteiger partial charge in [-0.2, -0.15) is 11.3 Å². The van der Waals surface area contributed by atoms with Crippen LogP contribution in [0.15, 0.2) is 16.8 Å². The predicted octanol–water partition coefficient (Wildman–Crippen LogP) is 2.02. The lowest BCUT2D eigenvalue weighted by molar-refractivity contribution is 0.0810. The summed E-state index contributed by atoms with van der Waals surface area (Å²) in [7, 11) is 0. The molecule has 5 nitrogen and oxygen atoms in total. The maximum atomic E-state index is 12.3. The summed E-state index contributed by atoms with van der Waals surface area (Å²) in [6.07, 6.45) is 3.95. The molecule has 0 aromatic carbocycles. The molecular formula is C14H16N4OS. The van der Waals surface area contributed by atoms with Crippen molar-refractivity contribution in [2.45, 2.75) is 19.3 Å². The third-order valence-electron chi connectivity index (χ3n) is 4.48. The number of rotatable bonds is 2. The second kappa shape index (κ2) is 4.79. The van der Waals surface area contributed by atoms with E-state index in [2.05, 4.69) is 20.6 Å². The van der Waals surface area contributed by atoms with Crippen LogP contribution in [0.25, 0.3) is 11.3 Å². The molecule has 1 N–H and O–H groups in total. The zero-order valence-corrected chi connectivity index (χ0v) is 11.9. The van der Waals surface area contributed by atoms with E-state index in [4.69, 9.17) is 0 Å². The van der Waals surface area contributed by atoms with Crippen molar-refractivity contribution in [3.8, 4) is 11.3 Å². The lowest BCUT2D eigenvalue weighted by Crippen LogP contribution is -2.41. The molecule has 0 aromatic heterocycles. The Morgan fingerprint density at radius 3 is 2.90 bits per heavy atom. The van der Waals surface area contributed by atoms with Crippen LogP contribution in [0.5, 0.6) is 0 Å². The third kappa shape index (κ3) is 1.99. The molecule has 0 radical (unpaired) electrons. The Morgan fingerprint density at radius 2 is 2.10 bits per heavy atom. The van der Waals surface area contributed by atoms with Crippen LogP contribution >= 0.6 is 11.3 Å². The summed E-state index contributed by atoms with van der Waals surface area (Å²) < 4.78 is 0. The van der Waals surface area contributed by atoms with Gasteiger partial charge in [0.2, 0.25) is 0 Å². The molecule has 3 heterocycles. The summed E-state index contributed by atoms with van der Waals surface area (Å²) in [5.74, 6) is 1.39. The molecule has 1 saturated carbocycles. The van der Waals surface area contributed by atoms with Crippen molar-refractivity contribution in [3.63, 3.8) is 0 Å². The minimum absolute atomic E-state index is 0.133. The second-order valence-electron chi connectivity index (χ2n) is 5.70. The summed E-state index contributed by atoms with van der Waals surface area (Å²) in [5, 5.41) is 14.0. The van der Waals surface area contributed by atoms with Crippen molar-refractivity contribution in [1.29, 1.82) is 0 Å². The fourth-order valence-electron chi connectivity index (χ4n) is 3.47. The first-order chi connectivity index (χ1) is 9.81. The Labute approximate surface area is 121 Å². The number of amides is 1. The van der Waals surface area contributed by atoms with Gasteiger partial charge in [0.15, 0.2) is 5.69 Å². The van der Waals surface area contributed by atoms with E-state index >= 15 is 0 Å². The van der Waals surface area contributed by atoms with E-state index < -0.39 is 0 Å². The summed E-state index contributed by atoms with van der Waals surface area (Å²) in [4.78, 5) is 12.3. The number of carbonyl (C=O) groups excluding carboxylic acids is 1. The van der Waals surface area contributed by atoms with E-state index in [1.165, 1.54) is 19.3 Å². The van der Waals surface area contributed by atoms with Gasteiger partial charge in [-0.05, 0) is 36.1 Å². The first kappa shape index (κ1) is 12.2. The molecule has 20 heavy (non-hydrogen) atoms. The molecule has 2 unspecified atom stereocenters. The van der Waals surface area contributed by atoms with E-state index in [0.29, 0.717) is 5.69 Å². The van der Waals surface area contributed by atoms with Gasteiger partial charge in [0.25, 0.3) is 5.91 Å². The van der Waals surface area contributed by atoms with E-state index in [1.807, 2.05) is 16.8 Å². The lowest BCUT2D eigenvalue weighted by Gasteiger charge is -2.17. The summed E-state index contributed by atoms with van der Waals surface area (Å²) in [5.41, 5.74) is 5.06. The molecule has 4 aliphatic rings. The highest BCUT2D eigenvalue weighted by atomic mass is 32.1. The minimum Gasteiger partial charge on any atom is -0.283 e. The molecule has 4 rings (SSSR count). The minimum atomic E-state index is -0.133. The molecule has 104 valence electrons. The molecule has 1 saturated heterocycles. The molecule has 1 amide bonds. The number of hydrogen-bond donors (Lipinski definition) is 1. The SMILES string of the molecule is O=C(NN1CC2CCCC2C1)c1nnc2ccscc1-2. The van der Waals surface area contributed by atoms with Gasteiger partial charge in [0.1, 0.15) is 0 Å². The van der Waals surface area contributed by atoms with Crippen LogP contribution in [0.3, 0.4) is 0 Å². The van der Waals surface area contributed by atoms with Crippen LogP contribution < -0.4 is 5.43 Å². The fraction of sp³-hybridized carbons (Fsp3) is 0.500. The Kier molecular flexibility index (Phi) is 2.93. The largest absolute Gasteiger partial charge is 0.286 e. The molecule has 0 bridgehead atoms. The molecule has 1 aliphatic carbocycles. The van der Waals surface area contributed by atoms with Crippen LogP contribution in [-0.2, 0) is 0 Å². The highest BCUT2D eigenvalue weighted by molar-refractivity contribution is 7.07. The Hall–Kier alpha value is -1.53. The van der Waals surface area contributed by atoms with Crippen LogP contribution in [0.1, 0.15) is 29.8 Å². The number of carbonyl (C=O) groups is 1. The van der Waals surface area contributed by atoms with E-state index in [1.54, 1.807) is 11.3 Å². The van der Waals surface area contributed by atoms with Crippen molar-refractivity contribution < 1.29 is 4.79 Å². The van der Waals surface area contributed by atoms with Gasteiger partial charge in [-0.25, -0.2) is 5.01 Å². The number of aromatic nitrogens is 2. The van der Waals surface area contributed by atoms with Gasteiger partial charge >= 0.3 is 0 Å². The highest BCUT2D eigenvalue weighted by Crippen LogP contribution is 2.37. The van der Waals surface area contributed by atoms with Crippen LogP contribution in [-0.4, -0.2) is 34.2 Å². The summed E-state index contributed by atoms with van der Waals surface area (Å²) >= 11 is 1.55. The molecule has 0 aromatic rings. The second-order valence-corrected chi connectivity index (χ2v) is 6.48. The molecular weight excluding hydrogens is 272 g/mol. The fourth-order valence-corrected chi connectivity index (χ4v) is 4.13. The molecule has 3 aliphatic heterocycles. The average molecular weight is 288 g/mol. The molecule has 2 atom stereocenters. The van der Waals surface area contributed by atoms with Gasteiger partial charge < -0.3 is 0 Å². The standard InChI is InChI=1S/C14H16N4OS/c19-14(13-11-8-20-5-4-12(11)15-16-13)17-18-6-9-2-1-3-10(9)7-18/h4-5,8-10H,1-3,6-7H2,(H,17,19). The Balaban J connectivity index is 1.48. The van der Waals surface area contributed by atoms with Gasteiger partial charge in [-0.3, -0.25) is 10.2 Å². The maximum Gasteiger partial charge on any atom is 0.286 e. The van der Waals surface area contributed by atoms with Crippen LogP contribution in [0, 0.1) is 11.8 Å². The maximum absolute atomic E-state index is 12.3. The number of hydrogen-bond acceptors (Lipinski definition) is 5. The van der Waals surface area contributed by atoms with Crippen molar-refractivity contribution in [1.82, 2.24) is 20.6 Å². The summed E-state index contributed by atoms with van der Waals surface area (Å²) in [6, 6.07) is 1.89. The normalized spacial score (nSPS) is 26.0. The van der Waals surface area contributed by atoms with E-state index in [-0.39, 0.29) is 5.91 Å². The third-order valence-corrected chi connectivity index (χ3v) is 5.15. The van der Waals surface area contributed by atoms with Crippen molar-refractivity contribution in [2.24, 2.45) is 11.8 Å². The zero-order chi connectivity index (χ0) is 13.5. The summed E-state index contributed by atoms with van der Waals surface area (Å²) in [6.45, 7) is 1.95. The number of nitrogens with one attached hydrogen (secondary N) is 1. The Morgan fingerprint density at radius 1 is 1.30 bits per heavy atom. The Bertz CT molecular complexity index is 601. The molecule has 2 fully saturated rings. The topological polar surface area (TPSA) is 58.1 Å². The zero-order valence-electron chi connectivity index (χ0n) is 11.1. The van der Waals surface area contributed by atoms with E-state index in [9.17, 15) is 4.79 Å².